The fourth-order valence-electron chi connectivity index (χ4n) is 4.43. The van der Waals surface area contributed by atoms with Crippen molar-refractivity contribution in [2.45, 2.75) is 19.9 Å². The van der Waals surface area contributed by atoms with Crippen molar-refractivity contribution in [1.29, 1.82) is 0 Å². The lowest BCUT2D eigenvalue weighted by Gasteiger charge is -2.24. The van der Waals surface area contributed by atoms with Crippen molar-refractivity contribution in [3.05, 3.63) is 84.1 Å². The van der Waals surface area contributed by atoms with Crippen LogP contribution in [0.1, 0.15) is 24.5 Å². The number of H-pyrrole nitrogens is 1. The fourth-order valence-corrected chi connectivity index (χ4v) is 4.43. The number of hydrogen-bond donors (Lipinski definition) is 3. The maximum Gasteiger partial charge on any atom is 0.319 e. The van der Waals surface area contributed by atoms with E-state index in [2.05, 4.69) is 37.4 Å². The second-order valence-electron chi connectivity index (χ2n) is 8.73. The van der Waals surface area contributed by atoms with Gasteiger partial charge in [0, 0.05) is 48.2 Å². The summed E-state index contributed by atoms with van der Waals surface area (Å²) >= 11 is 0. The number of halogens is 1. The molecule has 0 radical (unpaired) electrons. The van der Waals surface area contributed by atoms with E-state index in [1.54, 1.807) is 36.1 Å². The highest BCUT2D eigenvalue weighted by molar-refractivity contribution is 6.00. The van der Waals surface area contributed by atoms with Gasteiger partial charge in [-0.1, -0.05) is 42.3 Å². The molecule has 0 saturated heterocycles. The quantitative estimate of drug-likeness (QED) is 0.339. The van der Waals surface area contributed by atoms with Gasteiger partial charge < -0.3 is 20.5 Å². The van der Waals surface area contributed by atoms with Gasteiger partial charge in [0.2, 0.25) is 0 Å². The number of aromatic amines is 1. The number of anilines is 1. The molecular formula is C29H25FN6O2. The molecule has 0 fully saturated rings. The highest BCUT2D eigenvalue weighted by Crippen LogP contribution is 2.34. The van der Waals surface area contributed by atoms with Gasteiger partial charge in [-0.3, -0.25) is 4.79 Å². The Kier molecular flexibility index (Phi) is 7.13. The summed E-state index contributed by atoms with van der Waals surface area (Å²) in [5, 5.41) is 6.18. The first kappa shape index (κ1) is 24.7. The number of benzene rings is 2. The Bertz CT molecular complexity index is 1600. The number of hydrogen-bond acceptors (Lipinski definition) is 4. The van der Waals surface area contributed by atoms with E-state index in [-0.39, 0.29) is 12.5 Å². The van der Waals surface area contributed by atoms with Crippen LogP contribution in [0.4, 0.5) is 14.9 Å². The summed E-state index contributed by atoms with van der Waals surface area (Å²) in [5.74, 6) is 4.59. The molecule has 0 spiro atoms. The molecule has 0 saturated carbocycles. The van der Waals surface area contributed by atoms with E-state index < -0.39 is 11.8 Å². The maximum atomic E-state index is 15.1. The predicted octanol–water partition coefficient (Wildman–Crippen LogP) is 4.72. The minimum Gasteiger partial charge on any atom is -0.345 e. The minimum atomic E-state index is -0.450. The summed E-state index contributed by atoms with van der Waals surface area (Å²) in [6.07, 6.45) is 5.98. The number of nitrogens with zero attached hydrogens (tertiary/aromatic N) is 3. The zero-order valence-electron chi connectivity index (χ0n) is 20.7. The third kappa shape index (κ3) is 5.25. The van der Waals surface area contributed by atoms with Gasteiger partial charge in [-0.2, -0.15) is 0 Å². The predicted molar refractivity (Wildman–Crippen MR) is 144 cm³/mol. The second-order valence-corrected chi connectivity index (χ2v) is 8.73. The molecule has 0 unspecified atom stereocenters. The molecule has 8 nitrogen and oxygen atoms in total. The zero-order valence-corrected chi connectivity index (χ0v) is 20.7. The van der Waals surface area contributed by atoms with E-state index in [9.17, 15) is 9.59 Å². The van der Waals surface area contributed by atoms with Gasteiger partial charge in [-0.05, 0) is 43.0 Å². The van der Waals surface area contributed by atoms with Crippen LogP contribution in [0.3, 0.4) is 0 Å². The fraction of sp³-hybridized carbons (Fsp3) is 0.172. The van der Waals surface area contributed by atoms with Crippen molar-refractivity contribution in [3.8, 4) is 23.1 Å². The lowest BCUT2D eigenvalue weighted by Crippen LogP contribution is -2.33. The zero-order chi connectivity index (χ0) is 26.5. The second kappa shape index (κ2) is 11.0. The highest BCUT2D eigenvalue weighted by Gasteiger charge is 2.21. The number of fused-ring (bicyclic) bond motifs is 1. The van der Waals surface area contributed by atoms with E-state index in [0.717, 1.165) is 16.5 Å². The van der Waals surface area contributed by atoms with Crippen LogP contribution in [0.15, 0.2) is 67.1 Å². The van der Waals surface area contributed by atoms with Crippen molar-refractivity contribution in [2.24, 2.45) is 0 Å². The molecule has 4 aromatic rings. The number of urea groups is 1. The van der Waals surface area contributed by atoms with Gasteiger partial charge in [0.25, 0.3) is 5.91 Å². The number of rotatable bonds is 5. The van der Waals surface area contributed by atoms with Crippen molar-refractivity contribution in [3.63, 3.8) is 0 Å². The topological polar surface area (TPSA) is 103 Å². The number of aromatic nitrogens is 3. The van der Waals surface area contributed by atoms with Crippen LogP contribution in [0.2, 0.25) is 0 Å². The van der Waals surface area contributed by atoms with Crippen molar-refractivity contribution in [1.82, 2.24) is 25.2 Å². The number of para-hydroxylation sites is 1. The van der Waals surface area contributed by atoms with Gasteiger partial charge in [0.1, 0.15) is 17.8 Å². The molecule has 3 amide bonds. The molecule has 0 atom stereocenters. The summed E-state index contributed by atoms with van der Waals surface area (Å²) < 4.78 is 15.1. The molecule has 3 N–H and O–H groups in total. The standard InChI is InChI=1S/C29H25FN6O2/c1-2-6-25(37)36-13-11-19(12-14-36)23-17-31-28-26(23)27(33-18-34-28)20-9-10-21(24(30)15-20)16-32-29(38)35-22-7-4-3-5-8-22/h3-5,7-11,15,17-18H,12-14,16H2,1H3,(H,31,33,34)(H2,32,35,38). The van der Waals surface area contributed by atoms with Gasteiger partial charge in [-0.15, -0.1) is 0 Å². The molecule has 2 aromatic carbocycles. The van der Waals surface area contributed by atoms with Crippen LogP contribution in [0.5, 0.6) is 0 Å². The van der Waals surface area contributed by atoms with E-state index >= 15 is 4.39 Å². The SMILES string of the molecule is CC#CC(=O)N1CC=C(c2c[nH]c3ncnc(-c4ccc(CNC(=O)Nc5ccccc5)c(F)c4)c23)CC1. The first-order valence-corrected chi connectivity index (χ1v) is 12.2. The Morgan fingerprint density at radius 2 is 2.00 bits per heavy atom. The molecular weight excluding hydrogens is 483 g/mol. The number of nitrogens with one attached hydrogen (secondary N) is 3. The highest BCUT2D eigenvalue weighted by atomic mass is 19.1. The summed E-state index contributed by atoms with van der Waals surface area (Å²) in [4.78, 5) is 38.0. The molecule has 9 heteroatoms. The lowest BCUT2D eigenvalue weighted by atomic mass is 9.96. The number of carbonyl (C=O) groups is 2. The van der Waals surface area contributed by atoms with E-state index in [1.165, 1.54) is 12.4 Å². The average Bonchev–Trinajstić information content (AvgIpc) is 3.38. The Labute approximate surface area is 219 Å². The van der Waals surface area contributed by atoms with Gasteiger partial charge in [0.15, 0.2) is 0 Å². The molecule has 1 aliphatic rings. The summed E-state index contributed by atoms with van der Waals surface area (Å²) in [5.41, 5.74) is 4.83. The Hall–Kier alpha value is -4.97. The van der Waals surface area contributed by atoms with Crippen LogP contribution >= 0.6 is 0 Å². The third-order valence-electron chi connectivity index (χ3n) is 6.34. The normalized spacial score (nSPS) is 12.9. The van der Waals surface area contributed by atoms with Gasteiger partial charge in [0.05, 0.1) is 11.1 Å². The first-order valence-electron chi connectivity index (χ1n) is 12.2. The largest absolute Gasteiger partial charge is 0.345 e. The van der Waals surface area contributed by atoms with Crippen LogP contribution in [0.25, 0.3) is 27.9 Å². The Balaban J connectivity index is 1.36. The molecule has 2 aromatic heterocycles. The summed E-state index contributed by atoms with van der Waals surface area (Å²) in [6.45, 7) is 2.70. The monoisotopic (exact) mass is 508 g/mol. The van der Waals surface area contributed by atoms with Crippen molar-refractivity contribution in [2.75, 3.05) is 18.4 Å². The number of carbonyl (C=O) groups excluding carboxylic acids is 2. The van der Waals surface area contributed by atoms with E-state index in [1.807, 2.05) is 30.5 Å². The van der Waals surface area contributed by atoms with Gasteiger partial charge >= 0.3 is 6.03 Å². The summed E-state index contributed by atoms with van der Waals surface area (Å²) in [7, 11) is 0. The van der Waals surface area contributed by atoms with Crippen molar-refractivity contribution < 1.29 is 14.0 Å². The third-order valence-corrected chi connectivity index (χ3v) is 6.34. The Morgan fingerprint density at radius 1 is 1.16 bits per heavy atom. The molecule has 190 valence electrons. The minimum absolute atomic E-state index is 0.0316. The van der Waals surface area contributed by atoms with Crippen LogP contribution in [-0.2, 0) is 11.3 Å². The van der Waals surface area contributed by atoms with Crippen LogP contribution in [-0.4, -0.2) is 44.9 Å². The van der Waals surface area contributed by atoms with E-state index in [4.69, 9.17) is 0 Å². The molecule has 5 rings (SSSR count). The summed E-state index contributed by atoms with van der Waals surface area (Å²) in [6, 6.07) is 13.5. The Morgan fingerprint density at radius 3 is 2.74 bits per heavy atom. The molecule has 38 heavy (non-hydrogen) atoms. The molecule has 3 heterocycles. The molecule has 0 aliphatic carbocycles. The molecule has 1 aliphatic heterocycles. The van der Waals surface area contributed by atoms with E-state index in [0.29, 0.717) is 47.7 Å². The van der Waals surface area contributed by atoms with Crippen molar-refractivity contribution >= 4 is 34.2 Å². The number of amides is 3. The lowest BCUT2D eigenvalue weighted by molar-refractivity contribution is -0.124. The van der Waals surface area contributed by atoms with Crippen LogP contribution < -0.4 is 10.6 Å². The smallest absolute Gasteiger partial charge is 0.319 e. The first-order chi connectivity index (χ1) is 18.5. The molecule has 0 bridgehead atoms. The van der Waals surface area contributed by atoms with Crippen LogP contribution in [0, 0.1) is 17.7 Å². The maximum absolute atomic E-state index is 15.1. The average molecular weight is 509 g/mol. The van der Waals surface area contributed by atoms with Gasteiger partial charge in [-0.25, -0.2) is 19.2 Å².